The molecular weight excluding hydrogens is 436 g/mol. The molecule has 7 nitrogen and oxygen atoms in total. The van der Waals surface area contributed by atoms with Crippen LogP contribution in [0.2, 0.25) is 19.6 Å². The second-order valence-corrected chi connectivity index (χ2v) is 13.8. The van der Waals surface area contributed by atoms with E-state index in [1.165, 1.54) is 12.0 Å². The van der Waals surface area contributed by atoms with E-state index in [1.54, 1.807) is 24.3 Å². The molecule has 1 aliphatic rings. The minimum atomic E-state index is -2.12. The molecule has 0 aromatic heterocycles. The first kappa shape index (κ1) is 23.7. The predicted molar refractivity (Wildman–Crippen MR) is 120 cm³/mol. The first-order chi connectivity index (χ1) is 15.0. The lowest BCUT2D eigenvalue weighted by molar-refractivity contribution is -0.118. The molecule has 1 saturated heterocycles. The number of aliphatic hydroxyl groups excluding tert-OH is 1. The number of nitrogens with zero attached hydrogens (tertiary/aromatic N) is 1. The van der Waals surface area contributed by atoms with Crippen molar-refractivity contribution < 1.29 is 28.2 Å². The first-order valence-corrected chi connectivity index (χ1v) is 13.7. The number of amides is 3. The van der Waals surface area contributed by atoms with Gasteiger partial charge in [0.15, 0.2) is 0 Å². The second-order valence-electron chi connectivity index (χ2n) is 8.77. The average molecular weight is 464 g/mol. The number of anilines is 1. The Hall–Kier alpha value is -2.98. The van der Waals surface area contributed by atoms with Crippen LogP contribution in [0.25, 0.3) is 0 Å². The van der Waals surface area contributed by atoms with Crippen LogP contribution in [0, 0.1) is 11.6 Å². The topological polar surface area (TPSA) is 90.9 Å². The summed E-state index contributed by atoms with van der Waals surface area (Å²) in [6, 6.07) is 6.81. The van der Waals surface area contributed by atoms with Gasteiger partial charge in [-0.25, -0.2) is 13.6 Å². The molecule has 3 rings (SSSR count). The average Bonchev–Trinajstić information content (AvgIpc) is 2.71. The zero-order valence-corrected chi connectivity index (χ0v) is 19.4. The maximum Gasteiger partial charge on any atom is 0.318 e. The van der Waals surface area contributed by atoms with Gasteiger partial charge in [0.1, 0.15) is 23.4 Å². The summed E-state index contributed by atoms with van der Waals surface area (Å²) in [6.07, 6.45) is -0.601. The summed E-state index contributed by atoms with van der Waals surface area (Å²) in [5.74, 6) is -1.51. The van der Waals surface area contributed by atoms with Crippen LogP contribution >= 0.6 is 0 Å². The van der Waals surface area contributed by atoms with Crippen molar-refractivity contribution in [3.8, 4) is 5.75 Å². The van der Waals surface area contributed by atoms with Crippen LogP contribution in [-0.2, 0) is 4.79 Å². The van der Waals surface area contributed by atoms with Gasteiger partial charge in [-0.1, -0.05) is 31.8 Å². The predicted octanol–water partition coefficient (Wildman–Crippen LogP) is 2.58. The van der Waals surface area contributed by atoms with Gasteiger partial charge in [0.05, 0.1) is 40.1 Å². The molecule has 3 amide bonds. The molecule has 10 heteroatoms. The summed E-state index contributed by atoms with van der Waals surface area (Å²) >= 11 is 0. The van der Waals surface area contributed by atoms with Crippen molar-refractivity contribution in [3.63, 3.8) is 0 Å². The van der Waals surface area contributed by atoms with Crippen molar-refractivity contribution in [1.82, 2.24) is 10.2 Å². The van der Waals surface area contributed by atoms with Crippen molar-refractivity contribution in [3.05, 3.63) is 53.6 Å². The Balaban J connectivity index is 1.86. The Bertz CT molecular complexity index is 1010. The molecule has 0 aliphatic carbocycles. The lowest BCUT2D eigenvalue weighted by Gasteiger charge is -2.36. The van der Waals surface area contributed by atoms with E-state index in [2.05, 4.69) is 10.6 Å². The van der Waals surface area contributed by atoms with Gasteiger partial charge < -0.3 is 25.4 Å². The molecule has 3 N–H and O–H groups in total. The van der Waals surface area contributed by atoms with E-state index >= 15 is 0 Å². The van der Waals surface area contributed by atoms with Crippen molar-refractivity contribution >= 4 is 30.9 Å². The number of halogens is 2. The zero-order valence-electron chi connectivity index (χ0n) is 18.4. The van der Waals surface area contributed by atoms with Crippen molar-refractivity contribution in [2.24, 2.45) is 0 Å². The SMILES string of the molecule is COc1ccc(C(NC(=O)N2CC(O)C2)C(=O)Nc2cc(F)c([Si](C)(C)C)cc2F)cc1. The number of aliphatic hydroxyl groups is 1. The number of urea groups is 1. The third-order valence-corrected chi connectivity index (χ3v) is 7.25. The second kappa shape index (κ2) is 9.25. The quantitative estimate of drug-likeness (QED) is 0.575. The fraction of sp³-hybridized carbons (Fsp3) is 0.364. The molecule has 0 spiro atoms. The summed E-state index contributed by atoms with van der Waals surface area (Å²) in [4.78, 5) is 26.9. The van der Waals surface area contributed by atoms with E-state index < -0.39 is 43.8 Å². The number of carbonyl (C=O) groups excluding carboxylic acids is 2. The van der Waals surface area contributed by atoms with Gasteiger partial charge in [-0.05, 0) is 28.9 Å². The van der Waals surface area contributed by atoms with Crippen LogP contribution in [-0.4, -0.2) is 56.3 Å². The fourth-order valence-corrected chi connectivity index (χ4v) is 4.70. The van der Waals surface area contributed by atoms with E-state index in [4.69, 9.17) is 4.74 Å². The Morgan fingerprint density at radius 1 is 1.12 bits per heavy atom. The number of nitrogens with one attached hydrogen (secondary N) is 2. The highest BCUT2D eigenvalue weighted by Gasteiger charge is 2.32. The van der Waals surface area contributed by atoms with E-state index in [-0.39, 0.29) is 18.8 Å². The van der Waals surface area contributed by atoms with Gasteiger partial charge >= 0.3 is 6.03 Å². The highest BCUT2D eigenvalue weighted by atomic mass is 28.3. The van der Waals surface area contributed by atoms with Gasteiger partial charge in [0.2, 0.25) is 0 Å². The van der Waals surface area contributed by atoms with Gasteiger partial charge in [0.25, 0.3) is 5.91 Å². The monoisotopic (exact) mass is 463 g/mol. The third-order valence-electron chi connectivity index (χ3n) is 5.25. The Morgan fingerprint density at radius 3 is 2.28 bits per heavy atom. The molecule has 0 bridgehead atoms. The number of likely N-dealkylation sites (tertiary alicyclic amines) is 1. The maximum absolute atomic E-state index is 14.7. The summed E-state index contributed by atoms with van der Waals surface area (Å²) in [7, 11) is -0.618. The molecule has 1 fully saturated rings. The molecule has 0 saturated carbocycles. The van der Waals surface area contributed by atoms with Crippen LogP contribution < -0.4 is 20.6 Å². The number of benzene rings is 2. The number of carbonyl (C=O) groups is 2. The molecule has 32 heavy (non-hydrogen) atoms. The van der Waals surface area contributed by atoms with E-state index in [9.17, 15) is 23.5 Å². The van der Waals surface area contributed by atoms with E-state index in [0.29, 0.717) is 16.5 Å². The fourth-order valence-electron chi connectivity index (χ4n) is 3.35. The first-order valence-electron chi connectivity index (χ1n) is 10.2. The van der Waals surface area contributed by atoms with Crippen LogP contribution in [0.1, 0.15) is 11.6 Å². The number of ether oxygens (including phenoxy) is 1. The normalized spacial score (nSPS) is 15.0. The molecule has 1 atom stereocenters. The molecule has 2 aromatic carbocycles. The number of rotatable bonds is 6. The number of hydrogen-bond acceptors (Lipinski definition) is 4. The van der Waals surface area contributed by atoms with Crippen molar-refractivity contribution in [2.75, 3.05) is 25.5 Å². The molecule has 1 unspecified atom stereocenters. The maximum atomic E-state index is 14.7. The summed E-state index contributed by atoms with van der Waals surface area (Å²) in [5.41, 5.74) is 0.124. The standard InChI is InChI=1S/C22H27F2N3O4Si/c1-31-15-7-5-13(6-8-15)20(26-22(30)27-11-14(28)12-27)21(29)25-18-9-17(24)19(10-16(18)23)32(2,3)4/h5-10,14,20,28H,11-12H2,1-4H3,(H,25,29)(H,26,30). The lowest BCUT2D eigenvalue weighted by Crippen LogP contribution is -2.57. The van der Waals surface area contributed by atoms with Crippen molar-refractivity contribution in [1.29, 1.82) is 0 Å². The molecule has 0 radical (unpaired) electrons. The smallest absolute Gasteiger partial charge is 0.318 e. The largest absolute Gasteiger partial charge is 0.497 e. The number of hydrogen-bond donors (Lipinski definition) is 3. The summed E-state index contributed by atoms with van der Waals surface area (Å²) in [5, 5.41) is 14.7. The van der Waals surface area contributed by atoms with Gasteiger partial charge in [-0.3, -0.25) is 4.79 Å². The van der Waals surface area contributed by atoms with Crippen molar-refractivity contribution in [2.45, 2.75) is 31.8 Å². The molecule has 2 aromatic rings. The molecule has 1 heterocycles. The summed E-state index contributed by atoms with van der Waals surface area (Å²) < 4.78 is 34.4. The van der Waals surface area contributed by atoms with E-state index in [0.717, 1.165) is 12.1 Å². The Morgan fingerprint density at radius 2 is 1.75 bits per heavy atom. The van der Waals surface area contributed by atoms with Crippen LogP contribution in [0.5, 0.6) is 5.75 Å². The van der Waals surface area contributed by atoms with Gasteiger partial charge in [0, 0.05) is 6.07 Å². The Kier molecular flexibility index (Phi) is 6.84. The van der Waals surface area contributed by atoms with Gasteiger partial charge in [-0.2, -0.15) is 0 Å². The minimum absolute atomic E-state index is 0.154. The Labute approximate surface area is 186 Å². The third kappa shape index (κ3) is 5.25. The van der Waals surface area contributed by atoms with Crippen LogP contribution in [0.4, 0.5) is 19.3 Å². The van der Waals surface area contributed by atoms with Crippen LogP contribution in [0.15, 0.2) is 36.4 Å². The van der Waals surface area contributed by atoms with E-state index in [1.807, 2.05) is 19.6 Å². The number of β-amino-alcohol motifs (C(OH)–C–C–N with tert-alkyl or cyclic N) is 1. The molecule has 1 aliphatic heterocycles. The lowest BCUT2D eigenvalue weighted by atomic mass is 10.1. The molecule has 172 valence electrons. The number of methoxy groups -OCH3 is 1. The van der Waals surface area contributed by atoms with Gasteiger partial charge in [-0.15, -0.1) is 0 Å². The summed E-state index contributed by atoms with van der Waals surface area (Å²) in [6.45, 7) is 5.99. The highest BCUT2D eigenvalue weighted by molar-refractivity contribution is 6.88. The molecular formula is C22H27F2N3O4Si. The minimum Gasteiger partial charge on any atom is -0.497 e. The highest BCUT2D eigenvalue weighted by Crippen LogP contribution is 2.23. The zero-order chi connectivity index (χ0) is 23.6. The van der Waals surface area contributed by atoms with Crippen LogP contribution in [0.3, 0.4) is 0 Å².